The minimum absolute atomic E-state index is 0.0362. The molecule has 140 valence electrons. The zero-order valence-electron chi connectivity index (χ0n) is 13.5. The molecule has 0 aliphatic carbocycles. The molecular weight excluding hydrogens is 379 g/mol. The van der Waals surface area contributed by atoms with Crippen LogP contribution in [0.25, 0.3) is 0 Å². The number of nitro groups is 1. The Kier molecular flexibility index (Phi) is 6.06. The second-order valence-electron chi connectivity index (χ2n) is 5.03. The lowest BCUT2D eigenvalue weighted by Crippen LogP contribution is -2.07. The normalized spacial score (nSPS) is 11.7. The highest BCUT2D eigenvalue weighted by molar-refractivity contribution is 6.32. The maximum absolute atomic E-state index is 12.7. The Balaban J connectivity index is 2.38. The van der Waals surface area contributed by atoms with E-state index in [-0.39, 0.29) is 27.8 Å². The number of ether oxygens (including phenoxy) is 3. The van der Waals surface area contributed by atoms with Crippen molar-refractivity contribution < 1.29 is 32.3 Å². The molecule has 0 saturated heterocycles. The van der Waals surface area contributed by atoms with Gasteiger partial charge in [-0.2, -0.15) is 13.2 Å². The van der Waals surface area contributed by atoms with E-state index in [4.69, 9.17) is 25.8 Å². The number of alkyl halides is 3. The number of benzene rings is 2. The third kappa shape index (κ3) is 4.43. The first-order valence-corrected chi connectivity index (χ1v) is 7.43. The first-order valence-electron chi connectivity index (χ1n) is 7.06. The number of rotatable bonds is 6. The first kappa shape index (κ1) is 20.0. The highest BCUT2D eigenvalue weighted by Crippen LogP contribution is 2.38. The Morgan fingerprint density at radius 2 is 1.77 bits per heavy atom. The summed E-state index contributed by atoms with van der Waals surface area (Å²) in [4.78, 5) is 10.5. The average molecular weight is 392 g/mol. The molecule has 0 spiro atoms. The molecule has 2 aromatic carbocycles. The number of halogens is 4. The summed E-state index contributed by atoms with van der Waals surface area (Å²) in [7, 11) is 2.61. The number of nitro benzene ring substituents is 1. The minimum Gasteiger partial charge on any atom is -0.456 e. The van der Waals surface area contributed by atoms with Crippen LogP contribution < -0.4 is 4.74 Å². The van der Waals surface area contributed by atoms with E-state index in [9.17, 15) is 23.3 Å². The number of methoxy groups -OCH3 is 2. The van der Waals surface area contributed by atoms with Crippen LogP contribution in [-0.4, -0.2) is 19.1 Å². The quantitative estimate of drug-likeness (QED) is 0.377. The largest absolute Gasteiger partial charge is 0.456 e. The molecule has 0 N–H and O–H groups in total. The number of hydrogen-bond donors (Lipinski definition) is 0. The summed E-state index contributed by atoms with van der Waals surface area (Å²) in [6.45, 7) is 0. The van der Waals surface area contributed by atoms with Gasteiger partial charge in [0.05, 0.1) is 21.1 Å². The zero-order chi connectivity index (χ0) is 19.5. The van der Waals surface area contributed by atoms with Crippen molar-refractivity contribution >= 4 is 17.3 Å². The van der Waals surface area contributed by atoms with Gasteiger partial charge in [0.25, 0.3) is 5.69 Å². The van der Waals surface area contributed by atoms with Crippen LogP contribution in [0.1, 0.15) is 17.4 Å². The van der Waals surface area contributed by atoms with Crippen molar-refractivity contribution in [1.29, 1.82) is 0 Å². The fourth-order valence-corrected chi connectivity index (χ4v) is 2.41. The topological polar surface area (TPSA) is 70.8 Å². The molecule has 0 heterocycles. The summed E-state index contributed by atoms with van der Waals surface area (Å²) in [5.41, 5.74) is -1.09. The Labute approximate surface area is 151 Å². The molecule has 10 heteroatoms. The van der Waals surface area contributed by atoms with Crippen LogP contribution in [0.2, 0.25) is 5.02 Å². The van der Waals surface area contributed by atoms with Crippen molar-refractivity contribution in [3.05, 3.63) is 62.7 Å². The third-order valence-electron chi connectivity index (χ3n) is 3.36. The zero-order valence-corrected chi connectivity index (χ0v) is 14.3. The van der Waals surface area contributed by atoms with E-state index in [0.717, 1.165) is 18.2 Å². The van der Waals surface area contributed by atoms with Crippen molar-refractivity contribution in [1.82, 2.24) is 0 Å². The first-order chi connectivity index (χ1) is 12.2. The summed E-state index contributed by atoms with van der Waals surface area (Å²) in [6.07, 6.45) is -5.56. The maximum atomic E-state index is 12.7. The van der Waals surface area contributed by atoms with Crippen LogP contribution in [0.4, 0.5) is 18.9 Å². The summed E-state index contributed by atoms with van der Waals surface area (Å²) < 4.78 is 53.5. The Hall–Kier alpha value is -2.36. The van der Waals surface area contributed by atoms with Crippen molar-refractivity contribution in [3.8, 4) is 11.5 Å². The van der Waals surface area contributed by atoms with Gasteiger partial charge in [-0.3, -0.25) is 10.1 Å². The van der Waals surface area contributed by atoms with Gasteiger partial charge >= 0.3 is 6.18 Å². The fraction of sp³-hybridized carbons (Fsp3) is 0.250. The predicted octanol–water partition coefficient (Wildman–Crippen LogP) is 5.35. The van der Waals surface area contributed by atoms with E-state index < -0.39 is 23.0 Å². The monoisotopic (exact) mass is 391 g/mol. The number of hydrogen-bond acceptors (Lipinski definition) is 5. The highest BCUT2D eigenvalue weighted by Gasteiger charge is 2.31. The summed E-state index contributed by atoms with van der Waals surface area (Å²) >= 11 is 5.84. The second kappa shape index (κ2) is 7.90. The summed E-state index contributed by atoms with van der Waals surface area (Å²) in [6, 6.07) is 6.38. The standard InChI is InChI=1S/C16H13ClF3NO5/c1-24-15(25-2)11-8-10(4-5-13(11)21(22)23)26-14-6-3-9(7-12(14)17)16(18,19)20/h3-8,15H,1-2H3. The van der Waals surface area contributed by atoms with Gasteiger partial charge in [-0.05, 0) is 30.3 Å². The predicted molar refractivity (Wildman–Crippen MR) is 86.4 cm³/mol. The summed E-state index contributed by atoms with van der Waals surface area (Å²) in [5, 5.41) is 10.9. The van der Waals surface area contributed by atoms with Gasteiger partial charge in [0, 0.05) is 20.3 Å². The smallest absolute Gasteiger partial charge is 0.416 e. The molecule has 6 nitrogen and oxygen atoms in total. The molecule has 2 aromatic rings. The molecule has 0 fully saturated rings. The molecule has 0 saturated carbocycles. The molecular formula is C16H13ClF3NO5. The molecule has 26 heavy (non-hydrogen) atoms. The molecule has 0 bridgehead atoms. The van der Waals surface area contributed by atoms with Gasteiger partial charge in [0.1, 0.15) is 11.5 Å². The molecule has 0 radical (unpaired) electrons. The third-order valence-corrected chi connectivity index (χ3v) is 3.66. The molecule has 2 rings (SSSR count). The van der Waals surface area contributed by atoms with Crippen molar-refractivity contribution in [3.63, 3.8) is 0 Å². The van der Waals surface area contributed by atoms with E-state index in [0.29, 0.717) is 0 Å². The highest BCUT2D eigenvalue weighted by atomic mass is 35.5. The second-order valence-corrected chi connectivity index (χ2v) is 5.43. The Morgan fingerprint density at radius 3 is 2.27 bits per heavy atom. The van der Waals surface area contributed by atoms with Crippen molar-refractivity contribution in [2.45, 2.75) is 12.5 Å². The van der Waals surface area contributed by atoms with Gasteiger partial charge in [0.2, 0.25) is 0 Å². The van der Waals surface area contributed by atoms with Crippen LogP contribution in [0.3, 0.4) is 0 Å². The van der Waals surface area contributed by atoms with Crippen molar-refractivity contribution in [2.75, 3.05) is 14.2 Å². The van der Waals surface area contributed by atoms with Gasteiger partial charge in [-0.1, -0.05) is 11.6 Å². The fourth-order valence-electron chi connectivity index (χ4n) is 2.19. The van der Waals surface area contributed by atoms with Crippen LogP contribution in [0.5, 0.6) is 11.5 Å². The van der Waals surface area contributed by atoms with Gasteiger partial charge in [0.15, 0.2) is 6.29 Å². The van der Waals surface area contributed by atoms with E-state index in [1.165, 1.54) is 32.4 Å². The lowest BCUT2D eigenvalue weighted by atomic mass is 10.1. The van der Waals surface area contributed by atoms with Crippen LogP contribution in [0, 0.1) is 10.1 Å². The lowest BCUT2D eigenvalue weighted by molar-refractivity contribution is -0.387. The molecule has 0 aliphatic heterocycles. The summed E-state index contributed by atoms with van der Waals surface area (Å²) in [5.74, 6) is 0.0808. The van der Waals surface area contributed by atoms with Crippen LogP contribution in [0.15, 0.2) is 36.4 Å². The van der Waals surface area contributed by atoms with E-state index >= 15 is 0 Å². The van der Waals surface area contributed by atoms with Crippen molar-refractivity contribution in [2.24, 2.45) is 0 Å². The van der Waals surface area contributed by atoms with Gasteiger partial charge < -0.3 is 14.2 Å². The lowest BCUT2D eigenvalue weighted by Gasteiger charge is -2.16. The van der Waals surface area contributed by atoms with Crippen LogP contribution >= 0.6 is 11.6 Å². The SMILES string of the molecule is COC(OC)c1cc(Oc2ccc(C(F)(F)F)cc2Cl)ccc1[N+](=O)[O-]. The van der Waals surface area contributed by atoms with Gasteiger partial charge in [-0.15, -0.1) is 0 Å². The molecule has 0 aliphatic rings. The maximum Gasteiger partial charge on any atom is 0.416 e. The molecule has 0 unspecified atom stereocenters. The van der Waals surface area contributed by atoms with E-state index in [1.807, 2.05) is 0 Å². The van der Waals surface area contributed by atoms with Crippen LogP contribution in [-0.2, 0) is 15.7 Å². The minimum atomic E-state index is -4.53. The van der Waals surface area contributed by atoms with E-state index in [2.05, 4.69) is 0 Å². The van der Waals surface area contributed by atoms with E-state index in [1.54, 1.807) is 0 Å². The number of nitrogens with zero attached hydrogens (tertiary/aromatic N) is 1. The van der Waals surface area contributed by atoms with Gasteiger partial charge in [-0.25, -0.2) is 0 Å². The molecule has 0 amide bonds. The average Bonchev–Trinajstić information content (AvgIpc) is 2.57. The molecule has 0 aromatic heterocycles. The Morgan fingerprint density at radius 1 is 1.12 bits per heavy atom. The molecule has 0 atom stereocenters. The Bertz CT molecular complexity index is 809.